The van der Waals surface area contributed by atoms with Gasteiger partial charge in [0.1, 0.15) is 5.60 Å². The number of nitrogens with zero attached hydrogens (tertiary/aromatic N) is 2. The lowest BCUT2D eigenvalue weighted by Crippen LogP contribution is -2.38. The summed E-state index contributed by atoms with van der Waals surface area (Å²) in [7, 11) is 0. The summed E-state index contributed by atoms with van der Waals surface area (Å²) in [5.74, 6) is 1.29. The summed E-state index contributed by atoms with van der Waals surface area (Å²) in [4.78, 5) is 14.4. The van der Waals surface area contributed by atoms with E-state index >= 15 is 0 Å². The monoisotopic (exact) mass is 383 g/mol. The number of hydrogen-bond acceptors (Lipinski definition) is 4. The first-order valence-corrected chi connectivity index (χ1v) is 10.5. The lowest BCUT2D eigenvalue weighted by atomic mass is 9.81. The minimum atomic E-state index is -0.442. The number of nitriles is 1. The first-order chi connectivity index (χ1) is 13.3. The molecule has 1 aromatic carbocycles. The number of fused-ring (bicyclic) bond motifs is 1. The van der Waals surface area contributed by atoms with E-state index in [2.05, 4.69) is 28.4 Å². The van der Waals surface area contributed by atoms with E-state index in [-0.39, 0.29) is 6.09 Å². The number of alkyl carbamates (subject to hydrolysis) is 1. The standard InChI is InChI=1S/C23H33N3O2/c1-23(2,3)28-22(27)25-14-17-4-6-18(7-5-17)15-26-11-10-20-9-8-19(13-24)12-21(20)16-26/h8-9,12,17-18H,4-7,10-11,14-16H2,1-3H3,(H,25,27). The molecule has 0 aromatic heterocycles. The van der Waals surface area contributed by atoms with Crippen LogP contribution in [0.3, 0.4) is 0 Å². The van der Waals surface area contributed by atoms with Crippen LogP contribution in [0, 0.1) is 23.2 Å². The van der Waals surface area contributed by atoms with Crippen LogP contribution >= 0.6 is 0 Å². The van der Waals surface area contributed by atoms with Gasteiger partial charge in [0.2, 0.25) is 0 Å². The summed E-state index contributed by atoms with van der Waals surface area (Å²) >= 11 is 0. The summed E-state index contributed by atoms with van der Waals surface area (Å²) in [6.45, 7) is 9.59. The zero-order valence-corrected chi connectivity index (χ0v) is 17.5. The summed E-state index contributed by atoms with van der Waals surface area (Å²) in [6.07, 6.45) is 5.56. The van der Waals surface area contributed by atoms with Crippen molar-refractivity contribution in [2.24, 2.45) is 11.8 Å². The maximum Gasteiger partial charge on any atom is 0.407 e. The topological polar surface area (TPSA) is 65.4 Å². The molecule has 152 valence electrons. The van der Waals surface area contributed by atoms with Gasteiger partial charge in [-0.15, -0.1) is 0 Å². The van der Waals surface area contributed by atoms with Crippen LogP contribution in [0.15, 0.2) is 18.2 Å². The lowest BCUT2D eigenvalue weighted by molar-refractivity contribution is 0.0512. The fourth-order valence-electron chi connectivity index (χ4n) is 4.37. The van der Waals surface area contributed by atoms with Crippen molar-refractivity contribution in [1.82, 2.24) is 10.2 Å². The molecule has 1 amide bonds. The molecule has 0 radical (unpaired) electrons. The molecule has 0 spiro atoms. The average molecular weight is 384 g/mol. The van der Waals surface area contributed by atoms with Crippen LogP contribution in [0.4, 0.5) is 4.79 Å². The van der Waals surface area contributed by atoms with Crippen LogP contribution in [0.1, 0.15) is 63.1 Å². The second-order valence-corrected chi connectivity index (χ2v) is 9.35. The first-order valence-electron chi connectivity index (χ1n) is 10.5. The number of benzene rings is 1. The predicted octanol–water partition coefficient (Wildman–Crippen LogP) is 4.25. The van der Waals surface area contributed by atoms with E-state index in [4.69, 9.17) is 10.00 Å². The fraction of sp³-hybridized carbons (Fsp3) is 0.652. The summed E-state index contributed by atoms with van der Waals surface area (Å²) < 4.78 is 5.32. The van der Waals surface area contributed by atoms with Crippen LogP contribution in [0.25, 0.3) is 0 Å². The molecule has 1 aliphatic carbocycles. The Morgan fingerprint density at radius 2 is 1.93 bits per heavy atom. The Hall–Kier alpha value is -2.06. The molecule has 0 saturated heterocycles. The van der Waals surface area contributed by atoms with Gasteiger partial charge >= 0.3 is 6.09 Å². The highest BCUT2D eigenvalue weighted by Crippen LogP contribution is 2.30. The largest absolute Gasteiger partial charge is 0.444 e. The third-order valence-electron chi connectivity index (χ3n) is 5.84. The number of rotatable bonds is 4. The molecule has 3 rings (SSSR count). The van der Waals surface area contributed by atoms with Crippen LogP contribution in [-0.2, 0) is 17.7 Å². The Labute approximate surface area is 169 Å². The van der Waals surface area contributed by atoms with Crippen molar-refractivity contribution >= 4 is 6.09 Å². The highest BCUT2D eigenvalue weighted by molar-refractivity contribution is 5.67. The predicted molar refractivity (Wildman–Crippen MR) is 110 cm³/mol. The lowest BCUT2D eigenvalue weighted by Gasteiger charge is -2.35. The van der Waals surface area contributed by atoms with Gasteiger partial charge in [0.05, 0.1) is 11.6 Å². The highest BCUT2D eigenvalue weighted by Gasteiger charge is 2.25. The molecule has 0 bridgehead atoms. The van der Waals surface area contributed by atoms with Crippen LogP contribution in [-0.4, -0.2) is 36.2 Å². The molecule has 1 aliphatic heterocycles. The van der Waals surface area contributed by atoms with Gasteiger partial charge in [-0.1, -0.05) is 6.07 Å². The van der Waals surface area contributed by atoms with Gasteiger partial charge in [-0.2, -0.15) is 5.26 Å². The molecule has 28 heavy (non-hydrogen) atoms. The number of hydrogen-bond donors (Lipinski definition) is 1. The van der Waals surface area contributed by atoms with E-state index in [1.165, 1.54) is 36.8 Å². The van der Waals surface area contributed by atoms with Crippen molar-refractivity contribution in [3.8, 4) is 6.07 Å². The summed E-state index contributed by atoms with van der Waals surface area (Å²) in [6, 6.07) is 8.36. The zero-order chi connectivity index (χ0) is 20.1. The van der Waals surface area contributed by atoms with Gasteiger partial charge < -0.3 is 10.1 Å². The zero-order valence-electron chi connectivity index (χ0n) is 17.5. The third kappa shape index (κ3) is 5.97. The number of nitrogens with one attached hydrogen (secondary N) is 1. The van der Waals surface area contributed by atoms with Crippen LogP contribution < -0.4 is 5.32 Å². The van der Waals surface area contributed by atoms with Gasteiger partial charge in [0, 0.05) is 26.2 Å². The second-order valence-electron chi connectivity index (χ2n) is 9.35. The van der Waals surface area contributed by atoms with E-state index in [1.807, 2.05) is 26.8 Å². The van der Waals surface area contributed by atoms with E-state index < -0.39 is 5.60 Å². The molecule has 1 fully saturated rings. The summed E-state index contributed by atoms with van der Waals surface area (Å²) in [5, 5.41) is 12.1. The highest BCUT2D eigenvalue weighted by atomic mass is 16.6. The molecule has 5 heteroatoms. The molecule has 0 unspecified atom stereocenters. The van der Waals surface area contributed by atoms with Crippen LogP contribution in [0.2, 0.25) is 0 Å². The average Bonchev–Trinajstić information content (AvgIpc) is 2.65. The molecule has 1 aromatic rings. The van der Waals surface area contributed by atoms with Crippen molar-refractivity contribution in [2.75, 3.05) is 19.6 Å². The van der Waals surface area contributed by atoms with E-state index in [0.29, 0.717) is 5.92 Å². The molecule has 5 nitrogen and oxygen atoms in total. The Bertz CT molecular complexity index is 724. The number of carbonyl (C=O) groups is 1. The smallest absolute Gasteiger partial charge is 0.407 e. The quantitative estimate of drug-likeness (QED) is 0.844. The molecular formula is C23H33N3O2. The van der Waals surface area contributed by atoms with E-state index in [9.17, 15) is 4.79 Å². The van der Waals surface area contributed by atoms with Gasteiger partial charge in [0.25, 0.3) is 0 Å². The van der Waals surface area contributed by atoms with Gasteiger partial charge in [-0.05, 0) is 88.0 Å². The number of amides is 1. The minimum absolute atomic E-state index is 0.307. The van der Waals surface area contributed by atoms with Crippen molar-refractivity contribution in [3.63, 3.8) is 0 Å². The van der Waals surface area contributed by atoms with E-state index in [1.54, 1.807) is 0 Å². The fourth-order valence-corrected chi connectivity index (χ4v) is 4.37. The second kappa shape index (κ2) is 8.96. The number of ether oxygens (including phenoxy) is 1. The Morgan fingerprint density at radius 1 is 1.21 bits per heavy atom. The molecule has 1 heterocycles. The van der Waals surface area contributed by atoms with Gasteiger partial charge in [-0.3, -0.25) is 4.90 Å². The normalized spacial score (nSPS) is 22.8. The maximum atomic E-state index is 11.8. The molecule has 1 N–H and O–H groups in total. The SMILES string of the molecule is CC(C)(C)OC(=O)NCC1CCC(CN2CCc3ccc(C#N)cc3C2)CC1. The molecular weight excluding hydrogens is 350 g/mol. The van der Waals surface area contributed by atoms with Gasteiger partial charge in [0.15, 0.2) is 0 Å². The van der Waals surface area contributed by atoms with Crippen molar-refractivity contribution in [2.45, 2.75) is 65.0 Å². The van der Waals surface area contributed by atoms with Crippen molar-refractivity contribution < 1.29 is 9.53 Å². The summed E-state index contributed by atoms with van der Waals surface area (Å²) in [5.41, 5.74) is 3.04. The van der Waals surface area contributed by atoms with Gasteiger partial charge in [-0.25, -0.2) is 4.79 Å². The Kier molecular flexibility index (Phi) is 6.61. The van der Waals surface area contributed by atoms with Crippen molar-refractivity contribution in [1.29, 1.82) is 5.26 Å². The van der Waals surface area contributed by atoms with Crippen molar-refractivity contribution in [3.05, 3.63) is 34.9 Å². The maximum absolute atomic E-state index is 11.8. The minimum Gasteiger partial charge on any atom is -0.444 e. The Balaban J connectivity index is 1.40. The molecule has 2 aliphatic rings. The van der Waals surface area contributed by atoms with Crippen LogP contribution in [0.5, 0.6) is 0 Å². The molecule has 0 atom stereocenters. The van der Waals surface area contributed by atoms with E-state index in [0.717, 1.165) is 44.1 Å². The first kappa shape index (κ1) is 20.7. The molecule has 1 saturated carbocycles. The number of carbonyl (C=O) groups excluding carboxylic acids is 1. The third-order valence-corrected chi connectivity index (χ3v) is 5.84. The Morgan fingerprint density at radius 3 is 2.61 bits per heavy atom.